The van der Waals surface area contributed by atoms with Crippen LogP contribution >= 0.6 is 0 Å². The minimum atomic E-state index is -0.374. The molecule has 0 amide bonds. The first-order valence-corrected chi connectivity index (χ1v) is 10.9. The Hall–Kier alpha value is -2.62. The topological polar surface area (TPSA) is 52.6 Å². The molecule has 3 saturated carbocycles. The van der Waals surface area contributed by atoms with Crippen molar-refractivity contribution in [2.75, 3.05) is 0 Å². The Morgan fingerprint density at radius 2 is 0.900 bits per heavy atom. The number of carbonyl (C=O) groups excluding carboxylic acids is 2. The maximum atomic E-state index is 12.9. The van der Waals surface area contributed by atoms with Gasteiger partial charge in [-0.2, -0.15) is 0 Å². The Morgan fingerprint density at radius 3 is 1.20 bits per heavy atom. The molecule has 2 aromatic rings. The standard InChI is InChI=1S/C26H30O4/c1-15-9-16(2)12-21(11-15)25(27)29-23-19-5-7-20(8-6-19)24(23)30-26(28)22-13-17(3)10-18(4)14-22/h9-14,19-20,23-24H,5-8H2,1-4H3. The molecule has 30 heavy (non-hydrogen) atoms. The maximum Gasteiger partial charge on any atom is 0.338 e. The monoisotopic (exact) mass is 406 g/mol. The Morgan fingerprint density at radius 1 is 0.600 bits per heavy atom. The van der Waals surface area contributed by atoms with Crippen LogP contribution in [0.15, 0.2) is 36.4 Å². The van der Waals surface area contributed by atoms with E-state index in [0.717, 1.165) is 47.9 Å². The number of esters is 2. The fraction of sp³-hybridized carbons (Fsp3) is 0.462. The second kappa shape index (κ2) is 8.25. The number of aryl methyl sites for hydroxylation is 4. The highest BCUT2D eigenvalue weighted by Gasteiger charge is 2.48. The third kappa shape index (κ3) is 4.28. The molecular weight excluding hydrogens is 376 g/mol. The molecule has 0 N–H and O–H groups in total. The highest BCUT2D eigenvalue weighted by molar-refractivity contribution is 5.91. The van der Waals surface area contributed by atoms with Gasteiger partial charge in [0.25, 0.3) is 0 Å². The molecular formula is C26H30O4. The lowest BCUT2D eigenvalue weighted by molar-refractivity contribution is -0.121. The van der Waals surface area contributed by atoms with Gasteiger partial charge in [0.2, 0.25) is 0 Å². The fourth-order valence-corrected chi connectivity index (χ4v) is 5.23. The van der Waals surface area contributed by atoms with Gasteiger partial charge < -0.3 is 9.47 Å². The predicted molar refractivity (Wildman–Crippen MR) is 116 cm³/mol. The molecule has 2 atom stereocenters. The molecule has 0 aromatic heterocycles. The molecule has 158 valence electrons. The molecule has 3 aliphatic rings. The lowest BCUT2D eigenvalue weighted by atomic mass is 9.67. The zero-order chi connectivity index (χ0) is 21.4. The van der Waals surface area contributed by atoms with Gasteiger partial charge in [0.1, 0.15) is 12.2 Å². The molecule has 2 aromatic carbocycles. The first-order chi connectivity index (χ1) is 14.3. The number of rotatable bonds is 4. The summed E-state index contributed by atoms with van der Waals surface area (Å²) in [5, 5.41) is 0. The Bertz CT molecular complexity index is 849. The Labute approximate surface area is 178 Å². The van der Waals surface area contributed by atoms with Gasteiger partial charge in [-0.05, 0) is 89.5 Å². The molecule has 2 bridgehead atoms. The van der Waals surface area contributed by atoms with Gasteiger partial charge in [-0.25, -0.2) is 9.59 Å². The third-order valence-electron chi connectivity index (χ3n) is 6.47. The summed E-state index contributed by atoms with van der Waals surface area (Å²) >= 11 is 0. The molecule has 5 rings (SSSR count). The van der Waals surface area contributed by atoms with Crippen molar-refractivity contribution in [2.24, 2.45) is 11.8 Å². The van der Waals surface area contributed by atoms with Crippen molar-refractivity contribution in [1.82, 2.24) is 0 Å². The van der Waals surface area contributed by atoms with Gasteiger partial charge in [0, 0.05) is 0 Å². The molecule has 0 radical (unpaired) electrons. The Balaban J connectivity index is 1.54. The molecule has 0 saturated heterocycles. The molecule has 3 aliphatic carbocycles. The van der Waals surface area contributed by atoms with Crippen LogP contribution < -0.4 is 0 Å². The summed E-state index contributed by atoms with van der Waals surface area (Å²) in [5.41, 5.74) is 5.26. The normalized spacial score (nSPS) is 25.1. The van der Waals surface area contributed by atoms with Crippen molar-refractivity contribution in [3.8, 4) is 0 Å². The molecule has 4 heteroatoms. The zero-order valence-corrected chi connectivity index (χ0v) is 18.2. The largest absolute Gasteiger partial charge is 0.455 e. The van der Waals surface area contributed by atoms with Gasteiger partial charge in [-0.3, -0.25) is 0 Å². The van der Waals surface area contributed by atoms with Crippen LogP contribution in [0.5, 0.6) is 0 Å². The van der Waals surface area contributed by atoms with Crippen molar-refractivity contribution in [3.63, 3.8) is 0 Å². The first-order valence-electron chi connectivity index (χ1n) is 10.9. The summed E-state index contributed by atoms with van der Waals surface area (Å²) in [5.74, 6) is -0.151. The molecule has 2 unspecified atom stereocenters. The minimum Gasteiger partial charge on any atom is -0.455 e. The molecule has 0 aliphatic heterocycles. The van der Waals surface area contributed by atoms with Crippen LogP contribution in [0, 0.1) is 39.5 Å². The van der Waals surface area contributed by atoms with Crippen LogP contribution in [0.4, 0.5) is 0 Å². The van der Waals surface area contributed by atoms with Crippen LogP contribution in [0.2, 0.25) is 0 Å². The van der Waals surface area contributed by atoms with Crippen LogP contribution in [-0.4, -0.2) is 24.1 Å². The quantitative estimate of drug-likeness (QED) is 0.630. The van der Waals surface area contributed by atoms with Crippen molar-refractivity contribution < 1.29 is 19.1 Å². The number of hydrogen-bond donors (Lipinski definition) is 0. The van der Waals surface area contributed by atoms with Gasteiger partial charge >= 0.3 is 11.9 Å². The van der Waals surface area contributed by atoms with E-state index in [1.54, 1.807) is 0 Å². The van der Waals surface area contributed by atoms with Crippen LogP contribution in [0.1, 0.15) is 68.7 Å². The average Bonchev–Trinajstić information content (AvgIpc) is 2.68. The maximum absolute atomic E-state index is 12.9. The summed E-state index contributed by atoms with van der Waals surface area (Å²) in [7, 11) is 0. The summed E-state index contributed by atoms with van der Waals surface area (Å²) in [4.78, 5) is 25.8. The molecule has 0 spiro atoms. The van der Waals surface area contributed by atoms with E-state index >= 15 is 0 Å². The average molecular weight is 407 g/mol. The molecule has 0 heterocycles. The van der Waals surface area contributed by atoms with E-state index in [0.29, 0.717) is 11.1 Å². The van der Waals surface area contributed by atoms with Crippen molar-refractivity contribution >= 4 is 11.9 Å². The second-order valence-corrected chi connectivity index (χ2v) is 9.17. The smallest absolute Gasteiger partial charge is 0.338 e. The number of ether oxygens (including phenoxy) is 2. The number of carbonyl (C=O) groups is 2. The van der Waals surface area contributed by atoms with Gasteiger partial charge in [0.05, 0.1) is 11.1 Å². The first kappa shape index (κ1) is 20.6. The number of hydrogen-bond acceptors (Lipinski definition) is 4. The summed E-state index contributed by atoms with van der Waals surface area (Å²) in [6, 6.07) is 11.5. The minimum absolute atomic E-state index is 0.252. The van der Waals surface area contributed by atoms with Crippen LogP contribution in [0.25, 0.3) is 0 Å². The summed E-state index contributed by atoms with van der Waals surface area (Å²) in [6.07, 6.45) is 3.33. The highest BCUT2D eigenvalue weighted by atomic mass is 16.6. The van der Waals surface area contributed by atoms with Gasteiger partial charge in [0.15, 0.2) is 0 Å². The van der Waals surface area contributed by atoms with E-state index in [2.05, 4.69) is 0 Å². The van der Waals surface area contributed by atoms with E-state index in [1.165, 1.54) is 0 Å². The Kier molecular flexibility index (Phi) is 5.68. The molecule has 4 nitrogen and oxygen atoms in total. The lowest BCUT2D eigenvalue weighted by Gasteiger charge is -2.46. The van der Waals surface area contributed by atoms with E-state index < -0.39 is 0 Å². The second-order valence-electron chi connectivity index (χ2n) is 9.17. The van der Waals surface area contributed by atoms with E-state index in [-0.39, 0.29) is 36.0 Å². The van der Waals surface area contributed by atoms with Crippen molar-refractivity contribution in [1.29, 1.82) is 0 Å². The fourth-order valence-electron chi connectivity index (χ4n) is 5.23. The molecule has 3 fully saturated rings. The van der Waals surface area contributed by atoms with E-state index in [9.17, 15) is 9.59 Å². The lowest BCUT2D eigenvalue weighted by Crippen LogP contribution is -2.52. The summed E-state index contributed by atoms with van der Waals surface area (Å²) < 4.78 is 12.0. The number of benzene rings is 2. The predicted octanol–water partition coefficient (Wildman–Crippen LogP) is 5.49. The zero-order valence-electron chi connectivity index (χ0n) is 18.2. The van der Waals surface area contributed by atoms with Crippen molar-refractivity contribution in [2.45, 2.75) is 65.6 Å². The summed E-state index contributed by atoms with van der Waals surface area (Å²) in [6.45, 7) is 7.89. The van der Waals surface area contributed by atoms with Gasteiger partial charge in [-0.1, -0.05) is 34.4 Å². The van der Waals surface area contributed by atoms with Crippen LogP contribution in [-0.2, 0) is 9.47 Å². The van der Waals surface area contributed by atoms with Gasteiger partial charge in [-0.15, -0.1) is 0 Å². The third-order valence-corrected chi connectivity index (χ3v) is 6.47. The highest BCUT2D eigenvalue weighted by Crippen LogP contribution is 2.45. The van der Waals surface area contributed by atoms with Crippen molar-refractivity contribution in [3.05, 3.63) is 69.8 Å². The SMILES string of the molecule is Cc1cc(C)cc(C(=O)OC2C3CCC(CC3)C2OC(=O)c2cc(C)cc(C)c2)c1. The number of fused-ring (bicyclic) bond motifs is 3. The van der Waals surface area contributed by atoms with E-state index in [4.69, 9.17) is 9.47 Å². The van der Waals surface area contributed by atoms with Crippen LogP contribution in [0.3, 0.4) is 0 Å². The van der Waals surface area contributed by atoms with E-state index in [1.807, 2.05) is 64.1 Å².